The number of thiophene rings is 1. The van der Waals surface area contributed by atoms with Gasteiger partial charge in [0.1, 0.15) is 13.2 Å². The van der Waals surface area contributed by atoms with E-state index in [4.69, 9.17) is 9.47 Å². The summed E-state index contributed by atoms with van der Waals surface area (Å²) >= 11 is 1.41. The lowest BCUT2D eigenvalue weighted by atomic mass is 10.1. The fourth-order valence-corrected chi connectivity index (χ4v) is 4.98. The number of nitrogens with zero attached hydrogens (tertiary/aromatic N) is 2. The molecular formula is C24H21F3N2O3S. The van der Waals surface area contributed by atoms with Crippen molar-refractivity contribution < 1.29 is 27.4 Å². The highest BCUT2D eigenvalue weighted by Crippen LogP contribution is 2.37. The number of hydrogen-bond acceptors (Lipinski definition) is 5. The van der Waals surface area contributed by atoms with Crippen molar-refractivity contribution >= 4 is 22.9 Å². The monoisotopic (exact) mass is 474 g/mol. The van der Waals surface area contributed by atoms with Crippen molar-refractivity contribution in [3.05, 3.63) is 65.0 Å². The van der Waals surface area contributed by atoms with Crippen LogP contribution in [0.2, 0.25) is 0 Å². The second-order valence-electron chi connectivity index (χ2n) is 7.85. The topological polar surface area (TPSA) is 42.0 Å². The van der Waals surface area contributed by atoms with Crippen LogP contribution in [0.5, 0.6) is 11.5 Å². The number of halogens is 3. The highest BCUT2D eigenvalue weighted by Gasteiger charge is 2.31. The van der Waals surface area contributed by atoms with Crippen LogP contribution in [0.25, 0.3) is 10.4 Å². The van der Waals surface area contributed by atoms with Gasteiger partial charge < -0.3 is 19.3 Å². The Kier molecular flexibility index (Phi) is 5.65. The van der Waals surface area contributed by atoms with Crippen LogP contribution in [-0.2, 0) is 6.18 Å². The van der Waals surface area contributed by atoms with Crippen LogP contribution in [0.15, 0.2) is 54.6 Å². The number of benzene rings is 2. The van der Waals surface area contributed by atoms with Crippen molar-refractivity contribution in [2.45, 2.75) is 6.18 Å². The molecule has 172 valence electrons. The van der Waals surface area contributed by atoms with Crippen molar-refractivity contribution in [3.63, 3.8) is 0 Å². The van der Waals surface area contributed by atoms with Crippen molar-refractivity contribution in [3.8, 4) is 21.9 Å². The normalized spacial score (nSPS) is 16.1. The Bertz CT molecular complexity index is 1170. The first-order valence-corrected chi connectivity index (χ1v) is 11.4. The minimum absolute atomic E-state index is 0.0625. The van der Waals surface area contributed by atoms with Crippen LogP contribution in [0, 0.1) is 0 Å². The van der Waals surface area contributed by atoms with Gasteiger partial charge in [0.25, 0.3) is 5.91 Å². The van der Waals surface area contributed by atoms with E-state index < -0.39 is 11.7 Å². The number of hydrogen-bond donors (Lipinski definition) is 0. The third kappa shape index (κ3) is 4.50. The quantitative estimate of drug-likeness (QED) is 0.526. The summed E-state index contributed by atoms with van der Waals surface area (Å²) in [5.41, 5.74) is 0.815. The average Bonchev–Trinajstić information content (AvgIpc) is 3.33. The van der Waals surface area contributed by atoms with Gasteiger partial charge in [0.05, 0.1) is 10.4 Å². The van der Waals surface area contributed by atoms with Crippen LogP contribution in [0.1, 0.15) is 15.2 Å². The van der Waals surface area contributed by atoms with Crippen LogP contribution in [0.4, 0.5) is 18.9 Å². The van der Waals surface area contributed by atoms with E-state index in [1.165, 1.54) is 17.4 Å². The Morgan fingerprint density at radius 1 is 0.879 bits per heavy atom. The van der Waals surface area contributed by atoms with E-state index in [0.717, 1.165) is 28.3 Å². The maximum absolute atomic E-state index is 13.0. The van der Waals surface area contributed by atoms with Crippen LogP contribution in [-0.4, -0.2) is 50.2 Å². The largest absolute Gasteiger partial charge is 0.486 e. The van der Waals surface area contributed by atoms with Gasteiger partial charge in [-0.3, -0.25) is 4.79 Å². The summed E-state index contributed by atoms with van der Waals surface area (Å²) in [4.78, 5) is 18.3. The molecule has 1 amide bonds. The molecule has 0 bridgehead atoms. The van der Waals surface area contributed by atoms with Gasteiger partial charge in [0.15, 0.2) is 11.5 Å². The van der Waals surface area contributed by atoms with E-state index in [1.54, 1.807) is 11.0 Å². The van der Waals surface area contributed by atoms with E-state index in [9.17, 15) is 18.0 Å². The summed E-state index contributed by atoms with van der Waals surface area (Å²) in [5.74, 6) is 1.36. The molecular weight excluding hydrogens is 453 g/mol. The highest BCUT2D eigenvalue weighted by atomic mass is 32.1. The Morgan fingerprint density at radius 3 is 2.39 bits per heavy atom. The number of carbonyl (C=O) groups is 1. The SMILES string of the molecule is O=C(c1ccc(-c2ccc3c(c2)OCCO3)s1)N1CCN(c2cccc(C(F)(F)F)c2)CC1. The molecule has 0 aliphatic carbocycles. The predicted molar refractivity (Wildman–Crippen MR) is 120 cm³/mol. The summed E-state index contributed by atoms with van der Waals surface area (Å²) in [5, 5.41) is 0. The Balaban J connectivity index is 1.24. The molecule has 0 N–H and O–H groups in total. The van der Waals surface area contributed by atoms with Crippen LogP contribution >= 0.6 is 11.3 Å². The lowest BCUT2D eigenvalue weighted by Crippen LogP contribution is -2.48. The van der Waals surface area contributed by atoms with Crippen molar-refractivity contribution in [2.24, 2.45) is 0 Å². The number of alkyl halides is 3. The van der Waals surface area contributed by atoms with Gasteiger partial charge in [-0.1, -0.05) is 6.07 Å². The first kappa shape index (κ1) is 21.6. The zero-order valence-corrected chi connectivity index (χ0v) is 18.4. The van der Waals surface area contributed by atoms with Gasteiger partial charge in [-0.25, -0.2) is 0 Å². The summed E-state index contributed by atoms with van der Waals surface area (Å²) in [6, 6.07) is 14.8. The van der Waals surface area contributed by atoms with Gasteiger partial charge in [0, 0.05) is 36.7 Å². The first-order valence-electron chi connectivity index (χ1n) is 10.6. The number of anilines is 1. The van der Waals surface area contributed by atoms with E-state index in [-0.39, 0.29) is 5.91 Å². The van der Waals surface area contributed by atoms with E-state index in [2.05, 4.69) is 0 Å². The minimum atomic E-state index is -4.37. The first-order chi connectivity index (χ1) is 15.9. The molecule has 9 heteroatoms. The molecule has 33 heavy (non-hydrogen) atoms. The molecule has 5 rings (SSSR count). The standard InChI is InChI=1S/C24H21F3N2O3S/c25-24(26,27)17-2-1-3-18(15-17)28-8-10-29(11-9-28)23(30)22-7-6-21(33-22)16-4-5-19-20(14-16)32-13-12-31-19/h1-7,14-15H,8-13H2. The number of ether oxygens (including phenoxy) is 2. The molecule has 0 radical (unpaired) electrons. The molecule has 2 aliphatic heterocycles. The molecule has 0 unspecified atom stereocenters. The number of carbonyl (C=O) groups excluding carboxylic acids is 1. The van der Waals surface area contributed by atoms with Gasteiger partial charge in [-0.15, -0.1) is 11.3 Å². The fourth-order valence-electron chi connectivity index (χ4n) is 4.01. The summed E-state index contributed by atoms with van der Waals surface area (Å²) in [7, 11) is 0. The molecule has 1 aromatic heterocycles. The number of amides is 1. The molecule has 1 fully saturated rings. The third-order valence-corrected chi connectivity index (χ3v) is 6.87. The zero-order chi connectivity index (χ0) is 23.0. The maximum atomic E-state index is 13.0. The number of piperazine rings is 1. The summed E-state index contributed by atoms with van der Waals surface area (Å²) in [6.45, 7) is 2.90. The number of rotatable bonds is 3. The molecule has 0 atom stereocenters. The van der Waals surface area contributed by atoms with E-state index in [1.807, 2.05) is 35.2 Å². The fraction of sp³-hybridized carbons (Fsp3) is 0.292. The minimum Gasteiger partial charge on any atom is -0.486 e. The third-order valence-electron chi connectivity index (χ3n) is 5.75. The smallest absolute Gasteiger partial charge is 0.416 e. The molecule has 0 saturated carbocycles. The second kappa shape index (κ2) is 8.62. The molecule has 2 aromatic carbocycles. The van der Waals surface area contributed by atoms with Crippen LogP contribution < -0.4 is 14.4 Å². The predicted octanol–water partition coefficient (Wildman–Crippen LogP) is 5.17. The van der Waals surface area contributed by atoms with E-state index in [0.29, 0.717) is 55.7 Å². The van der Waals surface area contributed by atoms with Crippen molar-refractivity contribution in [1.29, 1.82) is 0 Å². The molecule has 5 nitrogen and oxygen atoms in total. The highest BCUT2D eigenvalue weighted by molar-refractivity contribution is 7.17. The molecule has 1 saturated heterocycles. The van der Waals surface area contributed by atoms with Crippen molar-refractivity contribution in [1.82, 2.24) is 4.90 Å². The zero-order valence-electron chi connectivity index (χ0n) is 17.6. The Hall–Kier alpha value is -3.20. The summed E-state index contributed by atoms with van der Waals surface area (Å²) < 4.78 is 50.2. The number of fused-ring (bicyclic) bond motifs is 1. The van der Waals surface area contributed by atoms with Crippen molar-refractivity contribution in [2.75, 3.05) is 44.3 Å². The second-order valence-corrected chi connectivity index (χ2v) is 8.93. The van der Waals surface area contributed by atoms with E-state index >= 15 is 0 Å². The summed E-state index contributed by atoms with van der Waals surface area (Å²) in [6.07, 6.45) is -4.37. The maximum Gasteiger partial charge on any atom is 0.416 e. The molecule has 3 aromatic rings. The molecule has 0 spiro atoms. The van der Waals surface area contributed by atoms with Gasteiger partial charge >= 0.3 is 6.18 Å². The Labute approximate surface area is 192 Å². The Morgan fingerprint density at radius 2 is 1.64 bits per heavy atom. The van der Waals surface area contributed by atoms with Gasteiger partial charge in [0.2, 0.25) is 0 Å². The average molecular weight is 475 g/mol. The van der Waals surface area contributed by atoms with Crippen LogP contribution in [0.3, 0.4) is 0 Å². The molecule has 2 aliphatic rings. The van der Waals surface area contributed by atoms with Gasteiger partial charge in [-0.05, 0) is 54.1 Å². The lowest BCUT2D eigenvalue weighted by Gasteiger charge is -2.36. The lowest BCUT2D eigenvalue weighted by molar-refractivity contribution is -0.137. The molecule has 3 heterocycles. The van der Waals surface area contributed by atoms with Gasteiger partial charge in [-0.2, -0.15) is 13.2 Å².